The highest BCUT2D eigenvalue weighted by Gasteiger charge is 2.30. The Morgan fingerprint density at radius 1 is 0.952 bits per heavy atom. The highest BCUT2D eigenvalue weighted by atomic mass is 16.2. The van der Waals surface area contributed by atoms with E-state index < -0.39 is 0 Å². The molecule has 0 aromatic rings. The summed E-state index contributed by atoms with van der Waals surface area (Å²) in [6, 6.07) is 0.251. The van der Waals surface area contributed by atoms with Crippen LogP contribution in [0.2, 0.25) is 0 Å². The predicted molar refractivity (Wildman–Crippen MR) is 90.2 cm³/mol. The van der Waals surface area contributed by atoms with Crippen molar-refractivity contribution in [1.29, 1.82) is 0 Å². The van der Waals surface area contributed by atoms with E-state index >= 15 is 0 Å². The van der Waals surface area contributed by atoms with Crippen LogP contribution in [0.15, 0.2) is 0 Å². The third kappa shape index (κ3) is 7.30. The zero-order chi connectivity index (χ0) is 15.5. The molecule has 3 heteroatoms. The second-order valence-corrected chi connectivity index (χ2v) is 6.72. The number of nitrogens with zero attached hydrogens (tertiary/aromatic N) is 1. The maximum atomic E-state index is 12.7. The van der Waals surface area contributed by atoms with E-state index in [0.717, 1.165) is 45.2 Å². The van der Waals surface area contributed by atoms with Crippen LogP contribution in [0.5, 0.6) is 0 Å². The lowest BCUT2D eigenvalue weighted by atomic mass is 10.0. The van der Waals surface area contributed by atoms with Gasteiger partial charge in [-0.3, -0.25) is 4.79 Å². The van der Waals surface area contributed by atoms with Crippen LogP contribution in [-0.2, 0) is 4.79 Å². The van der Waals surface area contributed by atoms with E-state index in [1.807, 2.05) is 0 Å². The zero-order valence-electron chi connectivity index (χ0n) is 14.3. The number of unbranched alkanes of at least 4 members (excludes halogenated alkanes) is 6. The smallest absolute Gasteiger partial charge is 0.225 e. The molecule has 1 saturated carbocycles. The number of carbonyl (C=O) groups is 1. The van der Waals surface area contributed by atoms with Gasteiger partial charge in [-0.2, -0.15) is 0 Å². The summed E-state index contributed by atoms with van der Waals surface area (Å²) in [5.74, 6) is 0.591. The molecule has 0 bridgehead atoms. The predicted octanol–water partition coefficient (Wildman–Crippen LogP) is 4.10. The average Bonchev–Trinajstić information content (AvgIpc) is 2.91. The first kappa shape index (κ1) is 18.5. The molecule has 0 saturated heterocycles. The average molecular weight is 296 g/mol. The second-order valence-electron chi connectivity index (χ2n) is 6.72. The molecule has 0 aliphatic heterocycles. The summed E-state index contributed by atoms with van der Waals surface area (Å²) in [7, 11) is 0. The Balaban J connectivity index is 2.39. The van der Waals surface area contributed by atoms with Gasteiger partial charge in [0, 0.05) is 25.0 Å². The SMILES string of the molecule is CCCCCCN(CCCCCC)C(=O)C1CCC(N)C1. The van der Waals surface area contributed by atoms with Gasteiger partial charge < -0.3 is 10.6 Å². The molecule has 1 amide bonds. The van der Waals surface area contributed by atoms with Crippen molar-refractivity contribution in [2.75, 3.05) is 13.1 Å². The number of amides is 1. The van der Waals surface area contributed by atoms with E-state index in [2.05, 4.69) is 18.7 Å². The summed E-state index contributed by atoms with van der Waals surface area (Å²) in [5.41, 5.74) is 5.97. The Hall–Kier alpha value is -0.570. The maximum absolute atomic E-state index is 12.7. The second kappa shape index (κ2) is 11.1. The van der Waals surface area contributed by atoms with Crippen LogP contribution >= 0.6 is 0 Å². The van der Waals surface area contributed by atoms with Gasteiger partial charge in [-0.1, -0.05) is 52.4 Å². The molecule has 1 rings (SSSR count). The first-order valence-corrected chi connectivity index (χ1v) is 9.23. The molecule has 1 aliphatic carbocycles. The largest absolute Gasteiger partial charge is 0.342 e. The number of hydrogen-bond donors (Lipinski definition) is 1. The van der Waals surface area contributed by atoms with Crippen molar-refractivity contribution >= 4 is 5.91 Å². The van der Waals surface area contributed by atoms with E-state index in [4.69, 9.17) is 5.73 Å². The van der Waals surface area contributed by atoms with E-state index in [1.165, 1.54) is 38.5 Å². The summed E-state index contributed by atoms with van der Waals surface area (Å²) in [6.07, 6.45) is 12.8. The summed E-state index contributed by atoms with van der Waals surface area (Å²) in [6.45, 7) is 6.37. The Labute approximate surface area is 131 Å². The lowest BCUT2D eigenvalue weighted by Gasteiger charge is -2.26. The van der Waals surface area contributed by atoms with Crippen molar-refractivity contribution in [2.45, 2.75) is 90.5 Å². The Morgan fingerprint density at radius 3 is 1.95 bits per heavy atom. The van der Waals surface area contributed by atoms with E-state index in [1.54, 1.807) is 0 Å². The topological polar surface area (TPSA) is 46.3 Å². The van der Waals surface area contributed by atoms with Crippen LogP contribution in [-0.4, -0.2) is 29.9 Å². The zero-order valence-corrected chi connectivity index (χ0v) is 14.3. The molecule has 0 aromatic carbocycles. The molecule has 21 heavy (non-hydrogen) atoms. The molecule has 124 valence electrons. The van der Waals surface area contributed by atoms with Crippen LogP contribution in [0.1, 0.15) is 84.5 Å². The lowest BCUT2D eigenvalue weighted by molar-refractivity contribution is -0.135. The molecule has 0 radical (unpaired) electrons. The van der Waals surface area contributed by atoms with Gasteiger partial charge in [-0.15, -0.1) is 0 Å². The number of rotatable bonds is 11. The maximum Gasteiger partial charge on any atom is 0.225 e. The van der Waals surface area contributed by atoms with Crippen molar-refractivity contribution < 1.29 is 4.79 Å². The summed E-state index contributed by atoms with van der Waals surface area (Å²) < 4.78 is 0. The van der Waals surface area contributed by atoms with Gasteiger partial charge in [0.15, 0.2) is 0 Å². The number of carbonyl (C=O) groups excluding carboxylic acids is 1. The lowest BCUT2D eigenvalue weighted by Crippen LogP contribution is -2.37. The molecular formula is C18H36N2O. The fourth-order valence-corrected chi connectivity index (χ4v) is 3.29. The van der Waals surface area contributed by atoms with E-state index in [0.29, 0.717) is 5.91 Å². The van der Waals surface area contributed by atoms with E-state index in [-0.39, 0.29) is 12.0 Å². The van der Waals surface area contributed by atoms with Crippen LogP contribution < -0.4 is 5.73 Å². The molecule has 2 N–H and O–H groups in total. The van der Waals surface area contributed by atoms with Gasteiger partial charge in [0.2, 0.25) is 5.91 Å². The van der Waals surface area contributed by atoms with Gasteiger partial charge in [0.05, 0.1) is 0 Å². The van der Waals surface area contributed by atoms with Gasteiger partial charge in [0.25, 0.3) is 0 Å². The molecule has 0 aromatic heterocycles. The van der Waals surface area contributed by atoms with Gasteiger partial charge in [0.1, 0.15) is 0 Å². The molecule has 0 heterocycles. The number of hydrogen-bond acceptors (Lipinski definition) is 2. The molecule has 1 fully saturated rings. The highest BCUT2D eigenvalue weighted by molar-refractivity contribution is 5.79. The first-order valence-electron chi connectivity index (χ1n) is 9.23. The Morgan fingerprint density at radius 2 is 1.52 bits per heavy atom. The van der Waals surface area contributed by atoms with Crippen molar-refractivity contribution in [3.63, 3.8) is 0 Å². The quantitative estimate of drug-likeness (QED) is 0.583. The molecular weight excluding hydrogens is 260 g/mol. The molecule has 3 nitrogen and oxygen atoms in total. The van der Waals surface area contributed by atoms with Crippen LogP contribution in [0.3, 0.4) is 0 Å². The van der Waals surface area contributed by atoms with Gasteiger partial charge >= 0.3 is 0 Å². The van der Waals surface area contributed by atoms with Crippen LogP contribution in [0.4, 0.5) is 0 Å². The van der Waals surface area contributed by atoms with Crippen molar-refractivity contribution in [2.24, 2.45) is 11.7 Å². The highest BCUT2D eigenvalue weighted by Crippen LogP contribution is 2.26. The van der Waals surface area contributed by atoms with Crippen molar-refractivity contribution in [3.8, 4) is 0 Å². The fraction of sp³-hybridized carbons (Fsp3) is 0.944. The number of nitrogens with two attached hydrogens (primary N) is 1. The first-order chi connectivity index (χ1) is 10.2. The normalized spacial score (nSPS) is 21.7. The van der Waals surface area contributed by atoms with Gasteiger partial charge in [-0.25, -0.2) is 0 Å². The Bertz CT molecular complexity index is 268. The molecule has 1 aliphatic rings. The fourth-order valence-electron chi connectivity index (χ4n) is 3.29. The van der Waals surface area contributed by atoms with Crippen molar-refractivity contribution in [3.05, 3.63) is 0 Å². The summed E-state index contributed by atoms with van der Waals surface area (Å²) in [5, 5.41) is 0. The van der Waals surface area contributed by atoms with Crippen LogP contribution in [0, 0.1) is 5.92 Å². The molecule has 2 unspecified atom stereocenters. The summed E-state index contributed by atoms with van der Waals surface area (Å²) >= 11 is 0. The minimum absolute atomic E-state index is 0.206. The minimum Gasteiger partial charge on any atom is -0.342 e. The third-order valence-electron chi connectivity index (χ3n) is 4.70. The summed E-state index contributed by atoms with van der Waals surface area (Å²) in [4.78, 5) is 14.8. The van der Waals surface area contributed by atoms with E-state index in [9.17, 15) is 4.79 Å². The molecule has 0 spiro atoms. The van der Waals surface area contributed by atoms with Crippen LogP contribution in [0.25, 0.3) is 0 Å². The third-order valence-corrected chi connectivity index (χ3v) is 4.70. The minimum atomic E-state index is 0.206. The monoisotopic (exact) mass is 296 g/mol. The van der Waals surface area contributed by atoms with Crippen molar-refractivity contribution in [1.82, 2.24) is 4.90 Å². The van der Waals surface area contributed by atoms with Gasteiger partial charge in [-0.05, 0) is 32.1 Å². The molecule has 2 atom stereocenters. The Kier molecular flexibility index (Phi) is 9.73. The standard InChI is InChI=1S/C18H36N2O/c1-3-5-7-9-13-20(14-10-8-6-4-2)18(21)16-11-12-17(19)15-16/h16-17H,3-15,19H2,1-2H3.